The second-order valence-corrected chi connectivity index (χ2v) is 8.17. The number of hydrogen-bond donors (Lipinski definition) is 2. The summed E-state index contributed by atoms with van der Waals surface area (Å²) >= 11 is 5.90. The van der Waals surface area contributed by atoms with Crippen LogP contribution in [0.15, 0.2) is 78.9 Å². The lowest BCUT2D eigenvalue weighted by Gasteiger charge is -2.24. The molecule has 1 amide bonds. The number of carbonyl (C=O) groups excluding carboxylic acids is 1. The summed E-state index contributed by atoms with van der Waals surface area (Å²) in [5.74, 6) is -0.0401. The highest BCUT2D eigenvalue weighted by Gasteiger charge is 2.26. The molecule has 5 rings (SSSR count). The van der Waals surface area contributed by atoms with Gasteiger partial charge >= 0.3 is 0 Å². The van der Waals surface area contributed by atoms with E-state index < -0.39 is 0 Å². The lowest BCUT2D eigenvalue weighted by molar-refractivity contribution is 0.102. The van der Waals surface area contributed by atoms with Crippen LogP contribution in [-0.2, 0) is 0 Å². The Morgan fingerprint density at radius 1 is 1.03 bits per heavy atom. The zero-order chi connectivity index (χ0) is 22.9. The third kappa shape index (κ3) is 4.36. The number of rotatable bonds is 4. The van der Waals surface area contributed by atoms with Gasteiger partial charge in [0.2, 0.25) is 5.95 Å². The van der Waals surface area contributed by atoms with Crippen LogP contribution in [0.3, 0.4) is 0 Å². The van der Waals surface area contributed by atoms with Crippen LogP contribution in [0, 0.1) is 12.7 Å². The monoisotopic (exact) mass is 459 g/mol. The quantitative estimate of drug-likeness (QED) is 0.411. The Balaban J connectivity index is 1.50. The number of carbonyl (C=O) groups is 1. The van der Waals surface area contributed by atoms with E-state index in [0.29, 0.717) is 16.5 Å². The highest BCUT2D eigenvalue weighted by molar-refractivity contribution is 6.30. The van der Waals surface area contributed by atoms with Crippen molar-refractivity contribution in [2.24, 2.45) is 0 Å². The van der Waals surface area contributed by atoms with Crippen LogP contribution < -0.4 is 10.6 Å². The number of amides is 1. The molecule has 0 fully saturated rings. The van der Waals surface area contributed by atoms with Crippen molar-refractivity contribution in [3.8, 4) is 0 Å². The molecule has 0 spiro atoms. The number of benzene rings is 3. The van der Waals surface area contributed by atoms with E-state index in [1.165, 1.54) is 12.1 Å². The van der Waals surface area contributed by atoms with Crippen molar-refractivity contribution in [3.05, 3.63) is 112 Å². The summed E-state index contributed by atoms with van der Waals surface area (Å²) in [6.45, 7) is 2.03. The van der Waals surface area contributed by atoms with Crippen LogP contribution in [0.25, 0.3) is 5.70 Å². The maximum atomic E-state index is 13.5. The second-order valence-electron chi connectivity index (χ2n) is 7.73. The Bertz CT molecular complexity index is 1350. The lowest BCUT2D eigenvalue weighted by Crippen LogP contribution is -2.20. The first-order chi connectivity index (χ1) is 16.0. The first kappa shape index (κ1) is 20.9. The van der Waals surface area contributed by atoms with Crippen LogP contribution in [0.4, 0.5) is 16.3 Å². The Labute approximate surface area is 194 Å². The fourth-order valence-electron chi connectivity index (χ4n) is 3.62. The van der Waals surface area contributed by atoms with Crippen LogP contribution in [0.2, 0.25) is 5.02 Å². The van der Waals surface area contributed by atoms with E-state index in [1.807, 2.05) is 37.3 Å². The third-order valence-electron chi connectivity index (χ3n) is 5.37. The Morgan fingerprint density at radius 3 is 2.42 bits per heavy atom. The van der Waals surface area contributed by atoms with Crippen LogP contribution >= 0.6 is 11.6 Å². The molecule has 0 saturated heterocycles. The Hall–Kier alpha value is -3.97. The summed E-state index contributed by atoms with van der Waals surface area (Å²) in [5.41, 5.74) is 4.26. The first-order valence-electron chi connectivity index (χ1n) is 10.3. The van der Waals surface area contributed by atoms with Gasteiger partial charge in [-0.15, -0.1) is 5.10 Å². The van der Waals surface area contributed by atoms with Crippen molar-refractivity contribution >= 4 is 35.1 Å². The number of aryl methyl sites for hydroxylation is 1. The zero-order valence-electron chi connectivity index (χ0n) is 17.6. The number of halogens is 2. The standard InChI is InChI=1S/C25H19ClFN5O/c1-15-2-4-16(5-3-15)21-14-22(17-8-12-20(27)13-9-17)32-25(28-21)30-24(31-32)29-23(33)18-6-10-19(26)11-7-18/h2-14,22H,1H3,(H2,28,29,30,31,33)/t22-/m0/s1. The minimum atomic E-state index is -0.348. The van der Waals surface area contributed by atoms with Gasteiger partial charge in [0.05, 0.1) is 0 Å². The number of aromatic nitrogens is 3. The van der Waals surface area contributed by atoms with Gasteiger partial charge in [-0.2, -0.15) is 4.98 Å². The number of fused-ring (bicyclic) bond motifs is 1. The molecule has 6 nitrogen and oxygen atoms in total. The van der Waals surface area contributed by atoms with E-state index in [-0.39, 0.29) is 23.7 Å². The average Bonchev–Trinajstić information content (AvgIpc) is 3.22. The molecule has 3 aromatic carbocycles. The van der Waals surface area contributed by atoms with Crippen LogP contribution in [0.1, 0.15) is 33.1 Å². The lowest BCUT2D eigenvalue weighted by atomic mass is 10.0. The van der Waals surface area contributed by atoms with E-state index in [4.69, 9.17) is 11.6 Å². The third-order valence-corrected chi connectivity index (χ3v) is 5.62. The van der Waals surface area contributed by atoms with Crippen molar-refractivity contribution in [3.63, 3.8) is 0 Å². The minimum Gasteiger partial charge on any atom is -0.324 e. The van der Waals surface area contributed by atoms with E-state index in [2.05, 4.69) is 20.7 Å². The summed E-state index contributed by atoms with van der Waals surface area (Å²) in [4.78, 5) is 17.1. The van der Waals surface area contributed by atoms with E-state index >= 15 is 0 Å². The second kappa shape index (κ2) is 8.52. The van der Waals surface area contributed by atoms with Gasteiger partial charge in [0.1, 0.15) is 11.9 Å². The van der Waals surface area contributed by atoms with Crippen LogP contribution in [0.5, 0.6) is 0 Å². The molecule has 33 heavy (non-hydrogen) atoms. The number of allylic oxidation sites excluding steroid dienone is 1. The summed E-state index contributed by atoms with van der Waals surface area (Å²) in [5, 5.41) is 11.1. The smallest absolute Gasteiger partial charge is 0.258 e. The molecule has 164 valence electrons. The van der Waals surface area contributed by atoms with Gasteiger partial charge in [-0.05, 0) is 60.5 Å². The summed E-state index contributed by atoms with van der Waals surface area (Å²) < 4.78 is 15.2. The number of nitrogens with one attached hydrogen (secondary N) is 2. The van der Waals surface area contributed by atoms with Gasteiger partial charge in [-0.25, -0.2) is 9.07 Å². The highest BCUT2D eigenvalue weighted by Crippen LogP contribution is 2.33. The number of nitrogens with zero attached hydrogens (tertiary/aromatic N) is 3. The molecular weight excluding hydrogens is 441 g/mol. The predicted molar refractivity (Wildman–Crippen MR) is 127 cm³/mol. The van der Waals surface area contributed by atoms with Gasteiger partial charge in [-0.1, -0.05) is 53.6 Å². The molecule has 0 radical (unpaired) electrons. The highest BCUT2D eigenvalue weighted by atomic mass is 35.5. The topological polar surface area (TPSA) is 71.8 Å². The molecule has 0 unspecified atom stereocenters. The molecular formula is C25H19ClFN5O. The van der Waals surface area contributed by atoms with E-state index in [0.717, 1.165) is 22.4 Å². The van der Waals surface area contributed by atoms with Crippen LogP contribution in [-0.4, -0.2) is 20.7 Å². The van der Waals surface area contributed by atoms with Gasteiger partial charge < -0.3 is 5.32 Å². The largest absolute Gasteiger partial charge is 0.324 e. The zero-order valence-corrected chi connectivity index (χ0v) is 18.3. The van der Waals surface area contributed by atoms with Crippen molar-refractivity contribution in [1.82, 2.24) is 14.8 Å². The molecule has 1 aliphatic rings. The van der Waals surface area contributed by atoms with Gasteiger partial charge in [0.15, 0.2) is 0 Å². The SMILES string of the molecule is Cc1ccc(C2=C[C@@H](c3ccc(F)cc3)n3nc(NC(=O)c4ccc(Cl)cc4)nc3N2)cc1. The van der Waals surface area contributed by atoms with E-state index in [1.54, 1.807) is 41.1 Å². The van der Waals surface area contributed by atoms with Gasteiger partial charge in [0, 0.05) is 16.3 Å². The fraction of sp³-hybridized carbons (Fsp3) is 0.0800. The van der Waals surface area contributed by atoms with Gasteiger partial charge in [-0.3, -0.25) is 10.1 Å². The molecule has 2 heterocycles. The number of anilines is 2. The Kier molecular flexibility index (Phi) is 5.40. The molecule has 0 saturated carbocycles. The molecule has 8 heteroatoms. The van der Waals surface area contributed by atoms with Crippen molar-refractivity contribution in [1.29, 1.82) is 0 Å². The van der Waals surface area contributed by atoms with Gasteiger partial charge in [0.25, 0.3) is 11.9 Å². The summed E-state index contributed by atoms with van der Waals surface area (Å²) in [6.07, 6.45) is 2.00. The fourth-order valence-corrected chi connectivity index (χ4v) is 3.75. The maximum Gasteiger partial charge on any atom is 0.258 e. The van der Waals surface area contributed by atoms with Crippen molar-refractivity contribution < 1.29 is 9.18 Å². The van der Waals surface area contributed by atoms with Crippen molar-refractivity contribution in [2.45, 2.75) is 13.0 Å². The summed E-state index contributed by atoms with van der Waals surface area (Å²) in [6, 6.07) is 20.6. The maximum absolute atomic E-state index is 13.5. The normalized spacial score (nSPS) is 14.8. The molecule has 4 aromatic rings. The number of hydrogen-bond acceptors (Lipinski definition) is 4. The molecule has 0 aliphatic carbocycles. The first-order valence-corrected chi connectivity index (χ1v) is 10.7. The summed E-state index contributed by atoms with van der Waals surface area (Å²) in [7, 11) is 0. The predicted octanol–water partition coefficient (Wildman–Crippen LogP) is 5.69. The molecule has 2 N–H and O–H groups in total. The molecule has 1 aliphatic heterocycles. The average molecular weight is 460 g/mol. The molecule has 1 atom stereocenters. The molecule has 0 bridgehead atoms. The Morgan fingerprint density at radius 2 is 1.73 bits per heavy atom. The van der Waals surface area contributed by atoms with Crippen molar-refractivity contribution in [2.75, 3.05) is 10.6 Å². The molecule has 1 aromatic heterocycles. The van der Waals surface area contributed by atoms with E-state index in [9.17, 15) is 9.18 Å². The minimum absolute atomic E-state index is 0.156.